The van der Waals surface area contributed by atoms with E-state index in [1.165, 1.54) is 55.4 Å². The third kappa shape index (κ3) is 12.2. The smallest absolute Gasteiger partial charge is 0.129 e. The maximum atomic E-state index is 5.50. The average Bonchev–Trinajstić information content (AvgIpc) is 2.90. The molecule has 0 unspecified atom stereocenters. The van der Waals surface area contributed by atoms with Crippen LogP contribution in [0.4, 0.5) is 0 Å². The van der Waals surface area contributed by atoms with E-state index in [-0.39, 0.29) is 7.43 Å². The molecule has 36 heavy (non-hydrogen) atoms. The van der Waals surface area contributed by atoms with Crippen molar-refractivity contribution in [1.29, 1.82) is 5.41 Å². The predicted molar refractivity (Wildman–Crippen MR) is 168 cm³/mol. The van der Waals surface area contributed by atoms with E-state index >= 15 is 0 Å². The van der Waals surface area contributed by atoms with E-state index in [2.05, 4.69) is 74.1 Å². The van der Waals surface area contributed by atoms with Gasteiger partial charge in [0.05, 0.1) is 5.69 Å². The fourth-order valence-corrected chi connectivity index (χ4v) is 5.39. The lowest BCUT2D eigenvalue weighted by Gasteiger charge is -2.24. The first-order valence-corrected chi connectivity index (χ1v) is 16.4. The van der Waals surface area contributed by atoms with Crippen molar-refractivity contribution < 1.29 is 0 Å². The highest BCUT2D eigenvalue weighted by molar-refractivity contribution is 8.32. The number of amidine groups is 1. The summed E-state index contributed by atoms with van der Waals surface area (Å²) >= 11 is 0. The van der Waals surface area contributed by atoms with Crippen molar-refractivity contribution in [2.24, 2.45) is 4.99 Å². The zero-order valence-electron chi connectivity index (χ0n) is 23.2. The Morgan fingerprint density at radius 1 is 1.00 bits per heavy atom. The monoisotopic (exact) mass is 514 g/mol. The Balaban J connectivity index is 0.00000233. The van der Waals surface area contributed by atoms with Gasteiger partial charge in [-0.05, 0) is 87.5 Å². The number of nitrogens with zero attached hydrogens (tertiary/aromatic N) is 2. The van der Waals surface area contributed by atoms with Crippen LogP contribution in [-0.4, -0.2) is 55.1 Å². The van der Waals surface area contributed by atoms with Crippen molar-refractivity contribution in [1.82, 2.24) is 10.3 Å². The molecule has 5 heteroatoms. The van der Waals surface area contributed by atoms with Crippen LogP contribution in [0.1, 0.15) is 90.2 Å². The highest BCUT2D eigenvalue weighted by Crippen LogP contribution is 2.35. The summed E-state index contributed by atoms with van der Waals surface area (Å²) in [7, 11) is -0.402. The highest BCUT2D eigenvalue weighted by atomic mass is 32.3. The minimum atomic E-state index is -0.402. The Morgan fingerprint density at radius 2 is 1.64 bits per heavy atom. The van der Waals surface area contributed by atoms with Gasteiger partial charge in [0.25, 0.3) is 0 Å². The molecule has 0 atom stereocenters. The Hall–Kier alpha value is -2.14. The zero-order valence-corrected chi connectivity index (χ0v) is 24.0. The third-order valence-electron chi connectivity index (χ3n) is 6.10. The van der Waals surface area contributed by atoms with E-state index < -0.39 is 10.0 Å². The molecule has 2 aromatic rings. The Morgan fingerprint density at radius 3 is 2.17 bits per heavy atom. The van der Waals surface area contributed by atoms with E-state index in [4.69, 9.17) is 15.4 Å². The lowest BCUT2D eigenvalue weighted by atomic mass is 9.84. The summed E-state index contributed by atoms with van der Waals surface area (Å²) in [5.41, 5.74) is 4.79. The second-order valence-electron chi connectivity index (χ2n) is 9.65. The second-order valence-corrected chi connectivity index (χ2v) is 14.2. The van der Waals surface area contributed by atoms with E-state index in [1.54, 1.807) is 0 Å². The van der Waals surface area contributed by atoms with E-state index in [0.717, 1.165) is 42.5 Å². The van der Waals surface area contributed by atoms with Crippen LogP contribution in [0, 0.1) is 5.41 Å². The molecule has 1 fully saturated rings. The molecule has 0 radical (unpaired) electrons. The molecule has 0 saturated heterocycles. The molecule has 1 aromatic heterocycles. The Kier molecular flexibility index (Phi) is 17.9. The molecule has 1 saturated carbocycles. The minimum absolute atomic E-state index is 0. The van der Waals surface area contributed by atoms with Crippen molar-refractivity contribution in [3.8, 4) is 11.3 Å². The number of hydrogen-bond donors (Lipinski definition) is 2. The van der Waals surface area contributed by atoms with Crippen LogP contribution in [0.15, 0.2) is 47.6 Å². The van der Waals surface area contributed by atoms with Gasteiger partial charge in [-0.2, -0.15) is 0 Å². The van der Waals surface area contributed by atoms with Crippen LogP contribution in [0.3, 0.4) is 0 Å². The molecule has 0 spiro atoms. The fourth-order valence-electron chi connectivity index (χ4n) is 4.32. The highest BCUT2D eigenvalue weighted by Gasteiger charge is 2.15. The maximum Gasteiger partial charge on any atom is 0.129 e. The van der Waals surface area contributed by atoms with Gasteiger partial charge in [-0.25, -0.2) is 10.0 Å². The number of unbranched alkanes of at least 4 members (excludes halogenated alkanes) is 1. The summed E-state index contributed by atoms with van der Waals surface area (Å²) in [5.74, 6) is 3.05. The van der Waals surface area contributed by atoms with Crippen LogP contribution >= 0.6 is 10.0 Å². The van der Waals surface area contributed by atoms with Crippen LogP contribution in [0.25, 0.3) is 11.3 Å². The number of benzene rings is 1. The minimum Gasteiger partial charge on any atom is -0.370 e. The first-order valence-electron chi connectivity index (χ1n) is 13.3. The number of aliphatic imine (C=N–C) groups is 1. The normalized spacial score (nSPS) is 14.3. The number of nitrogens with one attached hydrogen (secondary N) is 2. The quantitative estimate of drug-likeness (QED) is 0.200. The molecule has 4 nitrogen and oxygen atoms in total. The average molecular weight is 515 g/mol. The zero-order chi connectivity index (χ0) is 26.1. The van der Waals surface area contributed by atoms with Gasteiger partial charge < -0.3 is 10.7 Å². The molecule has 1 aliphatic rings. The van der Waals surface area contributed by atoms with Crippen molar-refractivity contribution in [2.45, 2.75) is 79.1 Å². The van der Waals surface area contributed by atoms with Gasteiger partial charge in [0.1, 0.15) is 5.84 Å². The molecule has 204 valence electrons. The predicted octanol–water partition coefficient (Wildman–Crippen LogP) is 8.55. The van der Waals surface area contributed by atoms with Gasteiger partial charge >= 0.3 is 0 Å². The second kappa shape index (κ2) is 19.0. The first kappa shape index (κ1) is 33.9. The van der Waals surface area contributed by atoms with E-state index in [9.17, 15) is 0 Å². The van der Waals surface area contributed by atoms with Gasteiger partial charge in [-0.3, -0.25) is 9.98 Å². The van der Waals surface area contributed by atoms with Crippen LogP contribution in [0.2, 0.25) is 0 Å². The first-order chi connectivity index (χ1) is 17.0. The summed E-state index contributed by atoms with van der Waals surface area (Å²) in [4.78, 5) is 9.60. The number of rotatable bonds is 9. The summed E-state index contributed by atoms with van der Waals surface area (Å²) in [6, 6.07) is 13.4. The Labute approximate surface area is 224 Å². The molecule has 2 N–H and O–H groups in total. The van der Waals surface area contributed by atoms with Crippen LogP contribution in [-0.2, 0) is 0 Å². The molecule has 1 heterocycles. The number of hydrogen-bond acceptors (Lipinski definition) is 3. The summed E-state index contributed by atoms with van der Waals surface area (Å²) in [6.07, 6.45) is 18.4. The van der Waals surface area contributed by atoms with E-state index in [1.807, 2.05) is 20.0 Å². The largest absolute Gasteiger partial charge is 0.370 e. The van der Waals surface area contributed by atoms with Crippen LogP contribution < -0.4 is 5.32 Å². The van der Waals surface area contributed by atoms with Gasteiger partial charge in [0.15, 0.2) is 0 Å². The number of pyridine rings is 1. The fraction of sp³-hybridized carbons (Fsp3) is 0.581. The van der Waals surface area contributed by atoms with Crippen molar-refractivity contribution in [3.63, 3.8) is 0 Å². The lowest BCUT2D eigenvalue weighted by molar-refractivity contribution is 0.443. The summed E-state index contributed by atoms with van der Waals surface area (Å²) in [5, 5.41) is 8.92. The standard InChI is InChI=1S/C27H41N3S.C2H6.CH3N.CH4/c1-5-28-27(29-19-9-10-20-31(2,3)4)25-17-18-26(30-21-25)24-15-13-23(14-16-24)22-11-7-6-8-12-22;2*1-2;/h13-18,21-22H,5-12,19-20H2,1-4H3,(H,28,29);1-2H3;2H,1H2;1H4. The maximum absolute atomic E-state index is 5.50. The molecule has 1 aromatic carbocycles. The molecule has 3 rings (SSSR count). The van der Waals surface area contributed by atoms with Gasteiger partial charge in [0.2, 0.25) is 0 Å². The molecule has 0 amide bonds. The number of aromatic nitrogens is 1. The van der Waals surface area contributed by atoms with Crippen molar-refractivity contribution in [3.05, 3.63) is 53.7 Å². The lowest BCUT2D eigenvalue weighted by Crippen LogP contribution is -2.24. The van der Waals surface area contributed by atoms with Gasteiger partial charge in [-0.1, -0.05) is 64.8 Å². The Bertz CT molecular complexity index is 832. The van der Waals surface area contributed by atoms with Gasteiger partial charge in [0, 0.05) is 30.4 Å². The van der Waals surface area contributed by atoms with Crippen molar-refractivity contribution in [2.75, 3.05) is 37.6 Å². The SMILES string of the molecule is C.C=N.CC.CCNC(=NCCCCS(C)(C)C)c1ccc(-c2ccc(C3CCCCC3)cc2)nc1. The summed E-state index contributed by atoms with van der Waals surface area (Å²) in [6.45, 7) is 10.4. The molecular formula is C31H54N4S. The molecule has 0 aliphatic heterocycles. The molecule has 1 aliphatic carbocycles. The van der Waals surface area contributed by atoms with Crippen LogP contribution in [0.5, 0.6) is 0 Å². The topological polar surface area (TPSA) is 61.1 Å². The third-order valence-corrected chi connectivity index (χ3v) is 7.61. The summed E-state index contributed by atoms with van der Waals surface area (Å²) < 4.78 is 0. The van der Waals surface area contributed by atoms with Crippen molar-refractivity contribution >= 4 is 22.6 Å². The molecular weight excluding hydrogens is 460 g/mol. The van der Waals surface area contributed by atoms with E-state index in [0.29, 0.717) is 0 Å². The van der Waals surface area contributed by atoms with Gasteiger partial charge in [-0.15, -0.1) is 0 Å². The molecule has 0 bridgehead atoms.